The van der Waals surface area contributed by atoms with Gasteiger partial charge in [-0.15, -0.1) is 0 Å². The predicted molar refractivity (Wildman–Crippen MR) is 66.5 cm³/mol. The maximum absolute atomic E-state index is 10.7. The first-order chi connectivity index (χ1) is 7.82. The fourth-order valence-electron chi connectivity index (χ4n) is 3.46. The first-order valence-corrected chi connectivity index (χ1v) is 6.56. The zero-order valence-corrected chi connectivity index (χ0v) is 11.0. The molecule has 0 aliphatic heterocycles. The Kier molecular flexibility index (Phi) is 3.13. The topological polar surface area (TPSA) is 60.7 Å². The summed E-state index contributed by atoms with van der Waals surface area (Å²) in [5, 5.41) is 30.2. The Hall–Kier alpha value is -0.380. The normalized spacial score (nSPS) is 40.6. The minimum atomic E-state index is -0.884. The largest absolute Gasteiger partial charge is 0.396 e. The monoisotopic (exact) mass is 240 g/mol. The highest BCUT2D eigenvalue weighted by Crippen LogP contribution is 2.53. The smallest absolute Gasteiger partial charge is 0.0882 e. The summed E-state index contributed by atoms with van der Waals surface area (Å²) < 4.78 is 0. The summed E-state index contributed by atoms with van der Waals surface area (Å²) in [5.74, 6) is 0.348. The van der Waals surface area contributed by atoms with Gasteiger partial charge in [-0.25, -0.2) is 0 Å². The Labute approximate surface area is 103 Å². The van der Waals surface area contributed by atoms with Crippen molar-refractivity contribution < 1.29 is 15.3 Å². The van der Waals surface area contributed by atoms with E-state index in [-0.39, 0.29) is 12.0 Å². The van der Waals surface area contributed by atoms with Gasteiger partial charge in [0.2, 0.25) is 0 Å². The van der Waals surface area contributed by atoms with E-state index in [0.29, 0.717) is 18.8 Å². The van der Waals surface area contributed by atoms with E-state index in [2.05, 4.69) is 6.92 Å². The zero-order valence-electron chi connectivity index (χ0n) is 11.0. The highest BCUT2D eigenvalue weighted by Gasteiger charge is 2.50. The molecule has 0 bridgehead atoms. The Morgan fingerprint density at radius 1 is 1.35 bits per heavy atom. The Bertz CT molecular complexity index is 345. The van der Waals surface area contributed by atoms with Crippen molar-refractivity contribution in [2.45, 2.75) is 58.2 Å². The predicted octanol–water partition coefficient (Wildman–Crippen LogP) is 1.62. The molecule has 0 radical (unpaired) electrons. The van der Waals surface area contributed by atoms with E-state index in [4.69, 9.17) is 5.11 Å². The molecule has 3 atom stereocenters. The Balaban J connectivity index is 2.41. The molecule has 0 unspecified atom stereocenters. The van der Waals surface area contributed by atoms with Crippen LogP contribution in [0.2, 0.25) is 0 Å². The molecule has 0 amide bonds. The van der Waals surface area contributed by atoms with Crippen LogP contribution in [0, 0.1) is 11.3 Å². The molecule has 3 nitrogen and oxygen atoms in total. The molecular formula is C14H24O3. The van der Waals surface area contributed by atoms with Crippen LogP contribution in [0.15, 0.2) is 11.1 Å². The van der Waals surface area contributed by atoms with Crippen LogP contribution < -0.4 is 0 Å². The number of hydrogen-bond donors (Lipinski definition) is 3. The number of aliphatic hydroxyl groups is 3. The molecular weight excluding hydrogens is 216 g/mol. The fourth-order valence-corrected chi connectivity index (χ4v) is 3.46. The first kappa shape index (κ1) is 13.1. The van der Waals surface area contributed by atoms with Crippen LogP contribution in [0.4, 0.5) is 0 Å². The van der Waals surface area contributed by atoms with Crippen LogP contribution in [0.5, 0.6) is 0 Å². The van der Waals surface area contributed by atoms with Crippen molar-refractivity contribution >= 4 is 0 Å². The summed E-state index contributed by atoms with van der Waals surface area (Å²) >= 11 is 0. The van der Waals surface area contributed by atoms with Crippen molar-refractivity contribution in [1.29, 1.82) is 0 Å². The van der Waals surface area contributed by atoms with Gasteiger partial charge < -0.3 is 15.3 Å². The summed E-state index contributed by atoms with van der Waals surface area (Å²) in [6, 6.07) is 0. The van der Waals surface area contributed by atoms with E-state index < -0.39 is 11.7 Å². The van der Waals surface area contributed by atoms with Gasteiger partial charge in [-0.05, 0) is 41.7 Å². The van der Waals surface area contributed by atoms with Gasteiger partial charge in [-0.3, -0.25) is 0 Å². The molecule has 0 heterocycles. The number of rotatable bonds is 2. The van der Waals surface area contributed by atoms with Gasteiger partial charge in [0, 0.05) is 13.0 Å². The van der Waals surface area contributed by atoms with Crippen molar-refractivity contribution in [3.63, 3.8) is 0 Å². The van der Waals surface area contributed by atoms with Crippen LogP contribution in [0.25, 0.3) is 0 Å². The second-order valence-electron chi connectivity index (χ2n) is 6.45. The highest BCUT2D eigenvalue weighted by atomic mass is 16.3. The van der Waals surface area contributed by atoms with Crippen molar-refractivity contribution in [3.05, 3.63) is 11.1 Å². The first-order valence-electron chi connectivity index (χ1n) is 6.56. The van der Waals surface area contributed by atoms with Gasteiger partial charge in [0.05, 0.1) is 11.7 Å². The molecule has 0 aromatic carbocycles. The van der Waals surface area contributed by atoms with E-state index in [1.165, 1.54) is 0 Å². The summed E-state index contributed by atoms with van der Waals surface area (Å²) in [6.45, 7) is 6.21. The molecule has 0 fully saturated rings. The second-order valence-corrected chi connectivity index (χ2v) is 6.45. The molecule has 3 heteroatoms. The molecule has 0 saturated heterocycles. The molecule has 0 aromatic heterocycles. The van der Waals surface area contributed by atoms with E-state index in [1.54, 1.807) is 0 Å². The molecule has 0 aromatic rings. The van der Waals surface area contributed by atoms with Crippen LogP contribution in [-0.2, 0) is 0 Å². The standard InChI is InChI=1S/C14H24O3/c1-9-4-5-14(17,6-7-15)10-8-13(2,3)12(16)11(9)10/h9,12,15-17H,4-8H2,1-3H3/t9-,12+,14+/m1/s1. The van der Waals surface area contributed by atoms with E-state index >= 15 is 0 Å². The lowest BCUT2D eigenvalue weighted by Crippen LogP contribution is -2.37. The maximum Gasteiger partial charge on any atom is 0.0882 e. The summed E-state index contributed by atoms with van der Waals surface area (Å²) in [7, 11) is 0. The molecule has 2 aliphatic carbocycles. The summed E-state index contributed by atoms with van der Waals surface area (Å²) in [4.78, 5) is 0. The van der Waals surface area contributed by atoms with Crippen molar-refractivity contribution in [2.24, 2.45) is 11.3 Å². The molecule has 2 rings (SSSR count). The minimum Gasteiger partial charge on any atom is -0.396 e. The third-order valence-electron chi connectivity index (χ3n) is 4.62. The van der Waals surface area contributed by atoms with Crippen LogP contribution >= 0.6 is 0 Å². The van der Waals surface area contributed by atoms with Crippen LogP contribution in [-0.4, -0.2) is 33.6 Å². The third-order valence-corrected chi connectivity index (χ3v) is 4.62. The lowest BCUT2D eigenvalue weighted by molar-refractivity contribution is 0.0266. The molecule has 17 heavy (non-hydrogen) atoms. The van der Waals surface area contributed by atoms with Crippen LogP contribution in [0.3, 0.4) is 0 Å². The fraction of sp³-hybridized carbons (Fsp3) is 0.857. The van der Waals surface area contributed by atoms with Gasteiger partial charge in [0.15, 0.2) is 0 Å². The minimum absolute atomic E-state index is 0.00180. The molecule has 98 valence electrons. The van der Waals surface area contributed by atoms with E-state index in [0.717, 1.165) is 24.0 Å². The van der Waals surface area contributed by atoms with Gasteiger partial charge in [-0.2, -0.15) is 0 Å². The highest BCUT2D eigenvalue weighted by molar-refractivity contribution is 5.38. The zero-order chi connectivity index (χ0) is 12.8. The average Bonchev–Trinajstić information content (AvgIpc) is 2.48. The number of aliphatic hydroxyl groups excluding tert-OH is 2. The summed E-state index contributed by atoms with van der Waals surface area (Å²) in [6.07, 6.45) is 2.28. The van der Waals surface area contributed by atoms with Gasteiger partial charge in [0.25, 0.3) is 0 Å². The lowest BCUT2D eigenvalue weighted by Gasteiger charge is -2.37. The molecule has 2 aliphatic rings. The Morgan fingerprint density at radius 2 is 2.00 bits per heavy atom. The van der Waals surface area contributed by atoms with Gasteiger partial charge in [-0.1, -0.05) is 20.8 Å². The molecule has 0 spiro atoms. The van der Waals surface area contributed by atoms with E-state index in [1.807, 2.05) is 13.8 Å². The quantitative estimate of drug-likeness (QED) is 0.643. The lowest BCUT2D eigenvalue weighted by atomic mass is 9.74. The summed E-state index contributed by atoms with van der Waals surface area (Å²) in [5.41, 5.74) is 0.970. The van der Waals surface area contributed by atoms with Gasteiger partial charge in [0.1, 0.15) is 0 Å². The average molecular weight is 240 g/mol. The van der Waals surface area contributed by atoms with Crippen molar-refractivity contribution in [3.8, 4) is 0 Å². The van der Waals surface area contributed by atoms with Crippen molar-refractivity contribution in [2.75, 3.05) is 6.61 Å². The van der Waals surface area contributed by atoms with E-state index in [9.17, 15) is 10.2 Å². The van der Waals surface area contributed by atoms with Crippen molar-refractivity contribution in [1.82, 2.24) is 0 Å². The maximum atomic E-state index is 10.7. The molecule has 0 saturated carbocycles. The van der Waals surface area contributed by atoms with Crippen LogP contribution in [0.1, 0.15) is 46.5 Å². The molecule has 3 N–H and O–H groups in total. The SMILES string of the molecule is C[C@@H]1CC[C@](O)(CCO)C2=C1[C@H](O)C(C)(C)C2. The Morgan fingerprint density at radius 3 is 2.59 bits per heavy atom. The number of hydrogen-bond acceptors (Lipinski definition) is 3. The van der Waals surface area contributed by atoms with Gasteiger partial charge >= 0.3 is 0 Å². The second kappa shape index (κ2) is 4.08. The third kappa shape index (κ3) is 1.94.